The van der Waals surface area contributed by atoms with Crippen molar-refractivity contribution in [3.05, 3.63) is 12.8 Å². The summed E-state index contributed by atoms with van der Waals surface area (Å²) in [5, 5.41) is 2.89. The molecule has 0 aromatic rings. The van der Waals surface area contributed by atoms with E-state index in [0.717, 1.165) is 6.54 Å². The van der Waals surface area contributed by atoms with E-state index in [2.05, 4.69) is 25.0 Å². The van der Waals surface area contributed by atoms with Crippen molar-refractivity contribution < 1.29 is 0 Å². The van der Waals surface area contributed by atoms with Gasteiger partial charge in [0, 0.05) is 12.7 Å². The number of unbranched alkanes of at least 4 members (excludes halogenated alkanes) is 1. The van der Waals surface area contributed by atoms with E-state index >= 15 is 0 Å². The van der Waals surface area contributed by atoms with E-state index in [-0.39, 0.29) is 0 Å². The maximum Gasteiger partial charge on any atom is 0.0496 e. The summed E-state index contributed by atoms with van der Waals surface area (Å²) in [7, 11) is 0. The van der Waals surface area contributed by atoms with Crippen molar-refractivity contribution in [3.63, 3.8) is 0 Å². The quantitative estimate of drug-likeness (QED) is 0.413. The minimum Gasteiger partial charge on any atom is -0.384 e. The molecule has 0 aliphatic heterocycles. The maximum atomic E-state index is 3.40. The van der Waals surface area contributed by atoms with Gasteiger partial charge in [0.25, 0.3) is 0 Å². The highest BCUT2D eigenvalue weighted by molar-refractivity contribution is 4.51. The highest BCUT2D eigenvalue weighted by Gasteiger charge is 1.75. The van der Waals surface area contributed by atoms with Crippen LogP contribution in [0.4, 0.5) is 0 Å². The van der Waals surface area contributed by atoms with E-state index in [1.807, 2.05) is 0 Å². The third-order valence-corrected chi connectivity index (χ3v) is 0.780. The fourth-order valence-corrected chi connectivity index (χ4v) is 0.354. The first-order valence-corrected chi connectivity index (χ1v) is 2.66. The van der Waals surface area contributed by atoms with Crippen LogP contribution < -0.4 is 5.32 Å². The van der Waals surface area contributed by atoms with Crippen molar-refractivity contribution in [1.29, 1.82) is 0 Å². The normalized spacial score (nSPS) is 8.14. The summed E-state index contributed by atoms with van der Waals surface area (Å²) in [5.41, 5.74) is 0. The molecule has 0 heterocycles. The van der Waals surface area contributed by atoms with Gasteiger partial charge in [0.2, 0.25) is 0 Å². The molecule has 0 amide bonds. The lowest BCUT2D eigenvalue weighted by molar-refractivity contribution is 0.726. The standard InChI is InChI=1S/C6H12N/c1-3-5-6-7-4-2/h7H,2-3,5-6H2,1H3. The predicted octanol–water partition coefficient (Wildman–Crippen LogP) is 1.32. The van der Waals surface area contributed by atoms with Crippen LogP contribution in [-0.2, 0) is 0 Å². The van der Waals surface area contributed by atoms with Crippen LogP contribution in [0.1, 0.15) is 19.8 Å². The van der Waals surface area contributed by atoms with Crippen LogP contribution in [0.5, 0.6) is 0 Å². The third kappa shape index (κ3) is 5.54. The molecular weight excluding hydrogens is 86.1 g/mol. The second kappa shape index (κ2) is 5.54. The van der Waals surface area contributed by atoms with Crippen molar-refractivity contribution in [2.45, 2.75) is 19.8 Å². The van der Waals surface area contributed by atoms with Gasteiger partial charge in [-0.15, -0.1) is 0 Å². The van der Waals surface area contributed by atoms with Crippen LogP contribution in [0.25, 0.3) is 0 Å². The van der Waals surface area contributed by atoms with Crippen LogP contribution in [0.3, 0.4) is 0 Å². The smallest absolute Gasteiger partial charge is 0.0496 e. The second-order valence-corrected chi connectivity index (χ2v) is 1.46. The molecule has 0 saturated heterocycles. The summed E-state index contributed by atoms with van der Waals surface area (Å²) < 4.78 is 0. The number of rotatable bonds is 4. The summed E-state index contributed by atoms with van der Waals surface area (Å²) >= 11 is 0. The molecule has 7 heavy (non-hydrogen) atoms. The van der Waals surface area contributed by atoms with E-state index in [1.165, 1.54) is 12.8 Å². The first-order chi connectivity index (χ1) is 3.41. The van der Waals surface area contributed by atoms with E-state index in [0.29, 0.717) is 0 Å². The van der Waals surface area contributed by atoms with E-state index in [1.54, 1.807) is 0 Å². The summed E-state index contributed by atoms with van der Waals surface area (Å²) in [5.74, 6) is 0. The van der Waals surface area contributed by atoms with E-state index in [4.69, 9.17) is 0 Å². The molecule has 1 N–H and O–H groups in total. The average molecular weight is 98.2 g/mol. The predicted molar refractivity (Wildman–Crippen MR) is 31.8 cm³/mol. The lowest BCUT2D eigenvalue weighted by Gasteiger charge is -1.92. The number of hydrogen-bond acceptors (Lipinski definition) is 1. The second-order valence-electron chi connectivity index (χ2n) is 1.46. The lowest BCUT2D eigenvalue weighted by atomic mass is 10.3. The molecule has 0 saturated carbocycles. The molecule has 0 aromatic carbocycles. The van der Waals surface area contributed by atoms with Gasteiger partial charge in [0.1, 0.15) is 0 Å². The molecule has 0 fully saturated rings. The molecule has 1 nitrogen and oxygen atoms in total. The van der Waals surface area contributed by atoms with Gasteiger partial charge in [-0.25, -0.2) is 0 Å². The van der Waals surface area contributed by atoms with Crippen LogP contribution >= 0.6 is 0 Å². The fraction of sp³-hybridized carbons (Fsp3) is 0.667. The van der Waals surface area contributed by atoms with E-state index in [9.17, 15) is 0 Å². The molecule has 0 unspecified atom stereocenters. The van der Waals surface area contributed by atoms with E-state index < -0.39 is 0 Å². The summed E-state index contributed by atoms with van der Waals surface area (Å²) in [6.07, 6.45) is 5.04. The van der Waals surface area contributed by atoms with Gasteiger partial charge in [-0.05, 0) is 6.42 Å². The van der Waals surface area contributed by atoms with Crippen molar-refractivity contribution in [2.24, 2.45) is 0 Å². The molecule has 41 valence electrons. The topological polar surface area (TPSA) is 12.0 Å². The summed E-state index contributed by atoms with van der Waals surface area (Å²) in [6.45, 7) is 6.57. The lowest BCUT2D eigenvalue weighted by Crippen LogP contribution is -2.05. The minimum atomic E-state index is 1.01. The van der Waals surface area contributed by atoms with Crippen molar-refractivity contribution in [2.75, 3.05) is 6.54 Å². The zero-order chi connectivity index (χ0) is 5.54. The molecule has 0 spiro atoms. The molecular formula is C6H12N. The Kier molecular flexibility index (Phi) is 5.18. The van der Waals surface area contributed by atoms with Crippen molar-refractivity contribution in [3.8, 4) is 0 Å². The van der Waals surface area contributed by atoms with Gasteiger partial charge in [0.05, 0.1) is 0 Å². The zero-order valence-corrected chi connectivity index (χ0v) is 4.83. The molecule has 0 rings (SSSR count). The van der Waals surface area contributed by atoms with Crippen molar-refractivity contribution in [1.82, 2.24) is 5.32 Å². The molecule has 0 aromatic heterocycles. The fourth-order valence-electron chi connectivity index (χ4n) is 0.354. The minimum absolute atomic E-state index is 1.01. The van der Waals surface area contributed by atoms with Gasteiger partial charge in [0.15, 0.2) is 0 Å². The van der Waals surface area contributed by atoms with Gasteiger partial charge >= 0.3 is 0 Å². The molecule has 1 heteroatoms. The Morgan fingerprint density at radius 2 is 2.43 bits per heavy atom. The Morgan fingerprint density at radius 3 is 2.86 bits per heavy atom. The monoisotopic (exact) mass is 98.1 g/mol. The molecule has 0 aliphatic carbocycles. The molecule has 0 atom stereocenters. The first-order valence-electron chi connectivity index (χ1n) is 2.66. The summed E-state index contributed by atoms with van der Waals surface area (Å²) in [6, 6.07) is 0. The van der Waals surface area contributed by atoms with Crippen LogP contribution in [0.15, 0.2) is 6.58 Å². The zero-order valence-electron chi connectivity index (χ0n) is 4.83. The molecule has 0 aliphatic rings. The Labute approximate surface area is 45.4 Å². The van der Waals surface area contributed by atoms with Crippen LogP contribution in [0.2, 0.25) is 0 Å². The maximum absolute atomic E-state index is 3.40. The van der Waals surface area contributed by atoms with Crippen molar-refractivity contribution >= 4 is 0 Å². The Balaban J connectivity index is 2.56. The van der Waals surface area contributed by atoms with Crippen LogP contribution in [-0.4, -0.2) is 6.54 Å². The highest BCUT2D eigenvalue weighted by Crippen LogP contribution is 1.80. The Morgan fingerprint density at radius 1 is 1.71 bits per heavy atom. The Bertz CT molecular complexity index is 41.4. The molecule has 0 bridgehead atoms. The third-order valence-electron chi connectivity index (χ3n) is 0.780. The number of nitrogens with one attached hydrogen (secondary N) is 1. The van der Waals surface area contributed by atoms with Gasteiger partial charge < -0.3 is 5.32 Å². The number of hydrogen-bond donors (Lipinski definition) is 1. The van der Waals surface area contributed by atoms with Crippen LogP contribution in [0, 0.1) is 6.20 Å². The van der Waals surface area contributed by atoms with Gasteiger partial charge in [-0.3, -0.25) is 0 Å². The SMILES string of the molecule is C=[C]NCCCC. The largest absolute Gasteiger partial charge is 0.384 e. The Hall–Kier alpha value is -0.460. The highest BCUT2D eigenvalue weighted by atomic mass is 14.8. The first kappa shape index (κ1) is 6.54. The summed E-state index contributed by atoms with van der Waals surface area (Å²) in [4.78, 5) is 0. The average Bonchev–Trinajstić information content (AvgIpc) is 1.69. The molecule has 1 radical (unpaired) electrons. The van der Waals surface area contributed by atoms with Gasteiger partial charge in [-0.1, -0.05) is 19.9 Å². The van der Waals surface area contributed by atoms with Gasteiger partial charge in [-0.2, -0.15) is 0 Å².